The number of nitrogens with zero attached hydrogens (tertiary/aromatic N) is 1. The average molecular weight is 248 g/mol. The second-order valence-electron chi connectivity index (χ2n) is 4.46. The van der Waals surface area contributed by atoms with Gasteiger partial charge in [0.25, 0.3) is 0 Å². The van der Waals surface area contributed by atoms with Crippen LogP contribution in [-0.2, 0) is 9.59 Å². The summed E-state index contributed by atoms with van der Waals surface area (Å²) in [5.41, 5.74) is 3.48. The molecule has 0 saturated carbocycles. The summed E-state index contributed by atoms with van der Waals surface area (Å²) in [5, 5.41) is 11.6. The second kappa shape index (κ2) is 4.78. The number of benzene rings is 1. The molecule has 0 saturated heterocycles. The zero-order valence-electron chi connectivity index (χ0n) is 10.5. The molecular weight excluding hydrogens is 232 g/mol. The SMILES string of the molecule is Cc1cc2c(cc1C)N(C(=O)CCO)CC(=O)N2. The van der Waals surface area contributed by atoms with Crippen LogP contribution in [0.3, 0.4) is 0 Å². The molecule has 0 aromatic heterocycles. The van der Waals surface area contributed by atoms with Crippen LogP contribution in [0.1, 0.15) is 17.5 Å². The van der Waals surface area contributed by atoms with E-state index in [-0.39, 0.29) is 31.4 Å². The fraction of sp³-hybridized carbons (Fsp3) is 0.385. The van der Waals surface area contributed by atoms with E-state index in [4.69, 9.17) is 5.11 Å². The molecule has 0 atom stereocenters. The number of hydrogen-bond donors (Lipinski definition) is 2. The number of aryl methyl sites for hydroxylation is 2. The predicted molar refractivity (Wildman–Crippen MR) is 68.6 cm³/mol. The lowest BCUT2D eigenvalue weighted by atomic mass is 10.0. The predicted octanol–water partition coefficient (Wildman–Crippen LogP) is 0.971. The highest BCUT2D eigenvalue weighted by Crippen LogP contribution is 2.32. The third-order valence-electron chi connectivity index (χ3n) is 3.11. The Morgan fingerprint density at radius 2 is 2.06 bits per heavy atom. The number of anilines is 2. The van der Waals surface area contributed by atoms with Crippen LogP contribution >= 0.6 is 0 Å². The molecule has 0 spiro atoms. The van der Waals surface area contributed by atoms with Crippen LogP contribution in [0, 0.1) is 13.8 Å². The molecule has 5 nitrogen and oxygen atoms in total. The third-order valence-corrected chi connectivity index (χ3v) is 3.11. The number of hydrogen-bond acceptors (Lipinski definition) is 3. The highest BCUT2D eigenvalue weighted by atomic mass is 16.3. The number of aliphatic hydroxyl groups excluding tert-OH is 1. The molecule has 1 heterocycles. The number of nitrogens with one attached hydrogen (secondary N) is 1. The molecule has 0 unspecified atom stereocenters. The smallest absolute Gasteiger partial charge is 0.244 e. The molecule has 1 aliphatic heterocycles. The van der Waals surface area contributed by atoms with Crippen LogP contribution < -0.4 is 10.2 Å². The number of carbonyl (C=O) groups excluding carboxylic acids is 2. The van der Waals surface area contributed by atoms with Gasteiger partial charge in [-0.25, -0.2) is 0 Å². The largest absolute Gasteiger partial charge is 0.396 e. The Morgan fingerprint density at radius 3 is 2.72 bits per heavy atom. The van der Waals surface area contributed by atoms with Gasteiger partial charge in [-0.1, -0.05) is 0 Å². The van der Waals surface area contributed by atoms with Crippen LogP contribution in [0.4, 0.5) is 11.4 Å². The summed E-state index contributed by atoms with van der Waals surface area (Å²) < 4.78 is 0. The van der Waals surface area contributed by atoms with Crippen molar-refractivity contribution in [3.8, 4) is 0 Å². The summed E-state index contributed by atoms with van der Waals surface area (Å²) >= 11 is 0. The van der Waals surface area contributed by atoms with Gasteiger partial charge >= 0.3 is 0 Å². The van der Waals surface area contributed by atoms with E-state index in [9.17, 15) is 9.59 Å². The summed E-state index contributed by atoms with van der Waals surface area (Å²) in [6.45, 7) is 3.71. The number of aliphatic hydroxyl groups is 1. The maximum Gasteiger partial charge on any atom is 0.244 e. The number of fused-ring (bicyclic) bond motifs is 1. The van der Waals surface area contributed by atoms with Crippen molar-refractivity contribution in [1.82, 2.24) is 0 Å². The molecule has 0 radical (unpaired) electrons. The van der Waals surface area contributed by atoms with E-state index in [1.54, 1.807) is 0 Å². The first-order chi connectivity index (χ1) is 8.52. The maximum absolute atomic E-state index is 11.9. The van der Waals surface area contributed by atoms with Crippen molar-refractivity contribution in [1.29, 1.82) is 0 Å². The van der Waals surface area contributed by atoms with Crippen molar-refractivity contribution in [3.63, 3.8) is 0 Å². The monoisotopic (exact) mass is 248 g/mol. The van der Waals surface area contributed by atoms with E-state index in [1.807, 2.05) is 26.0 Å². The molecule has 1 aromatic carbocycles. The van der Waals surface area contributed by atoms with Crippen molar-refractivity contribution < 1.29 is 14.7 Å². The Hall–Kier alpha value is -1.88. The van der Waals surface area contributed by atoms with Crippen LogP contribution in [0.2, 0.25) is 0 Å². The number of amides is 2. The second-order valence-corrected chi connectivity index (χ2v) is 4.46. The van der Waals surface area contributed by atoms with Gasteiger partial charge in [0.1, 0.15) is 6.54 Å². The summed E-state index contributed by atoms with van der Waals surface area (Å²) in [5.74, 6) is -0.450. The molecule has 0 aliphatic carbocycles. The highest BCUT2D eigenvalue weighted by molar-refractivity contribution is 6.10. The van der Waals surface area contributed by atoms with Crippen LogP contribution in [0.5, 0.6) is 0 Å². The summed E-state index contributed by atoms with van der Waals surface area (Å²) in [6, 6.07) is 3.75. The van der Waals surface area contributed by atoms with Gasteiger partial charge in [-0.3, -0.25) is 9.59 Å². The van der Waals surface area contributed by atoms with E-state index in [0.717, 1.165) is 11.1 Å². The van der Waals surface area contributed by atoms with Gasteiger partial charge in [0.15, 0.2) is 0 Å². The fourth-order valence-electron chi connectivity index (χ4n) is 2.00. The minimum absolute atomic E-state index is 0.00827. The molecule has 18 heavy (non-hydrogen) atoms. The zero-order valence-corrected chi connectivity index (χ0v) is 10.5. The molecule has 96 valence electrons. The van der Waals surface area contributed by atoms with E-state index in [0.29, 0.717) is 11.4 Å². The Kier molecular flexibility index (Phi) is 3.34. The Bertz CT molecular complexity index is 511. The molecular formula is C13H16N2O3. The van der Waals surface area contributed by atoms with Crippen molar-refractivity contribution in [2.24, 2.45) is 0 Å². The first-order valence-electron chi connectivity index (χ1n) is 5.85. The zero-order chi connectivity index (χ0) is 13.3. The van der Waals surface area contributed by atoms with Gasteiger partial charge in [0, 0.05) is 0 Å². The van der Waals surface area contributed by atoms with Gasteiger partial charge in [-0.2, -0.15) is 0 Å². The third kappa shape index (κ3) is 2.22. The molecule has 2 amide bonds. The van der Waals surface area contributed by atoms with E-state index >= 15 is 0 Å². The van der Waals surface area contributed by atoms with Crippen molar-refractivity contribution in [2.75, 3.05) is 23.4 Å². The molecule has 1 aliphatic rings. The molecule has 0 fully saturated rings. The first-order valence-corrected chi connectivity index (χ1v) is 5.85. The summed E-state index contributed by atoms with van der Waals surface area (Å²) in [6.07, 6.45) is 0.0274. The van der Waals surface area contributed by atoms with Crippen molar-refractivity contribution in [3.05, 3.63) is 23.3 Å². The van der Waals surface area contributed by atoms with Crippen molar-refractivity contribution >= 4 is 23.2 Å². The first kappa shape index (κ1) is 12.6. The molecule has 2 rings (SSSR count). The minimum Gasteiger partial charge on any atom is -0.396 e. The minimum atomic E-state index is -0.239. The molecule has 5 heteroatoms. The van der Waals surface area contributed by atoms with Gasteiger partial charge in [-0.15, -0.1) is 0 Å². The standard InChI is InChI=1S/C13H16N2O3/c1-8-5-10-11(6-9(8)2)15(7-12(17)14-10)13(18)3-4-16/h5-6,16H,3-4,7H2,1-2H3,(H,14,17). The Labute approximate surface area is 105 Å². The van der Waals surface area contributed by atoms with Gasteiger partial charge < -0.3 is 15.3 Å². The Balaban J connectivity index is 2.44. The Morgan fingerprint density at radius 1 is 1.39 bits per heavy atom. The van der Waals surface area contributed by atoms with E-state index in [1.165, 1.54) is 4.90 Å². The van der Waals surface area contributed by atoms with Gasteiger partial charge in [0.05, 0.1) is 24.4 Å². The van der Waals surface area contributed by atoms with Gasteiger partial charge in [0.2, 0.25) is 11.8 Å². The average Bonchev–Trinajstić information content (AvgIpc) is 2.30. The summed E-state index contributed by atoms with van der Waals surface area (Å²) in [7, 11) is 0. The van der Waals surface area contributed by atoms with Gasteiger partial charge in [-0.05, 0) is 37.1 Å². The topological polar surface area (TPSA) is 69.6 Å². The van der Waals surface area contributed by atoms with Crippen LogP contribution in [0.15, 0.2) is 12.1 Å². The maximum atomic E-state index is 11.9. The lowest BCUT2D eigenvalue weighted by molar-refractivity contribution is -0.122. The number of carbonyl (C=O) groups is 2. The molecule has 0 bridgehead atoms. The highest BCUT2D eigenvalue weighted by Gasteiger charge is 2.26. The van der Waals surface area contributed by atoms with E-state index < -0.39 is 0 Å². The molecule has 2 N–H and O–H groups in total. The lowest BCUT2D eigenvalue weighted by Gasteiger charge is -2.30. The lowest BCUT2D eigenvalue weighted by Crippen LogP contribution is -2.42. The quantitative estimate of drug-likeness (QED) is 0.819. The number of rotatable bonds is 2. The van der Waals surface area contributed by atoms with Crippen LogP contribution in [-0.4, -0.2) is 30.1 Å². The molecule has 1 aromatic rings. The van der Waals surface area contributed by atoms with E-state index in [2.05, 4.69) is 5.32 Å². The fourth-order valence-corrected chi connectivity index (χ4v) is 2.00. The normalized spacial score (nSPS) is 14.2. The van der Waals surface area contributed by atoms with Crippen LogP contribution in [0.25, 0.3) is 0 Å². The van der Waals surface area contributed by atoms with Crippen molar-refractivity contribution in [2.45, 2.75) is 20.3 Å². The summed E-state index contributed by atoms with van der Waals surface area (Å²) in [4.78, 5) is 24.9.